The number of nitrogens with one attached hydrogen (secondary N) is 1. The Morgan fingerprint density at radius 3 is 2.96 bits per heavy atom. The minimum absolute atomic E-state index is 0.221. The van der Waals surface area contributed by atoms with Gasteiger partial charge >= 0.3 is 0 Å². The Labute approximate surface area is 137 Å². The zero-order valence-corrected chi connectivity index (χ0v) is 13.1. The Morgan fingerprint density at radius 2 is 2.17 bits per heavy atom. The van der Waals surface area contributed by atoms with E-state index in [0.29, 0.717) is 5.69 Å². The average Bonchev–Trinajstić information content (AvgIpc) is 3.06. The first-order valence-electron chi connectivity index (χ1n) is 6.85. The molecule has 0 aliphatic heterocycles. The summed E-state index contributed by atoms with van der Waals surface area (Å²) in [6.07, 6.45) is 6.82. The van der Waals surface area contributed by atoms with Crippen LogP contribution in [0.5, 0.6) is 0 Å². The molecule has 0 radical (unpaired) electrons. The molecule has 0 unspecified atom stereocenters. The molecule has 0 saturated carbocycles. The van der Waals surface area contributed by atoms with Crippen LogP contribution in [-0.2, 0) is 4.79 Å². The molecule has 1 N–H and O–H groups in total. The summed E-state index contributed by atoms with van der Waals surface area (Å²) in [4.78, 5) is 24.8. The maximum Gasteiger partial charge on any atom is 0.236 e. The maximum absolute atomic E-state index is 10.8. The Kier molecular flexibility index (Phi) is 4.49. The van der Waals surface area contributed by atoms with Crippen LogP contribution >= 0.6 is 11.3 Å². The zero-order valence-electron chi connectivity index (χ0n) is 12.3. The van der Waals surface area contributed by atoms with Gasteiger partial charge in [0.25, 0.3) is 0 Å². The lowest BCUT2D eigenvalue weighted by atomic mass is 10.3. The average molecular weight is 323 g/mol. The molecule has 0 spiro atoms. The fourth-order valence-corrected chi connectivity index (χ4v) is 2.74. The van der Waals surface area contributed by atoms with Crippen molar-refractivity contribution in [1.82, 2.24) is 20.4 Å². The molecule has 23 heavy (non-hydrogen) atoms. The van der Waals surface area contributed by atoms with Crippen molar-refractivity contribution in [3.63, 3.8) is 0 Å². The third kappa shape index (κ3) is 3.83. The van der Waals surface area contributed by atoms with E-state index in [1.807, 2.05) is 30.3 Å². The molecule has 0 fully saturated rings. The summed E-state index contributed by atoms with van der Waals surface area (Å²) < 4.78 is 0. The monoisotopic (exact) mass is 323 g/mol. The number of hydrogen-bond donors (Lipinski definition) is 1. The van der Waals surface area contributed by atoms with Crippen LogP contribution in [0.1, 0.15) is 12.6 Å². The molecule has 1 amide bonds. The number of carbonyl (C=O) groups excluding carboxylic acids is 1. The predicted octanol–water partition coefficient (Wildman–Crippen LogP) is 2.74. The quantitative estimate of drug-likeness (QED) is 0.591. The van der Waals surface area contributed by atoms with E-state index in [2.05, 4.69) is 25.5 Å². The van der Waals surface area contributed by atoms with Crippen LogP contribution in [0.15, 0.2) is 54.0 Å². The fraction of sp³-hybridized carbons (Fsp3) is 0.0625. The van der Waals surface area contributed by atoms with E-state index in [1.54, 1.807) is 29.9 Å². The van der Waals surface area contributed by atoms with Gasteiger partial charge in [-0.05, 0) is 24.3 Å². The highest BCUT2D eigenvalue weighted by molar-refractivity contribution is 7.18. The van der Waals surface area contributed by atoms with E-state index in [4.69, 9.17) is 0 Å². The minimum atomic E-state index is -0.221. The summed E-state index contributed by atoms with van der Waals surface area (Å²) in [7, 11) is 0. The van der Waals surface area contributed by atoms with E-state index in [9.17, 15) is 4.79 Å². The van der Waals surface area contributed by atoms with Crippen LogP contribution < -0.4 is 5.43 Å². The second-order valence-corrected chi connectivity index (χ2v) is 5.68. The number of pyridine rings is 2. The van der Waals surface area contributed by atoms with Crippen molar-refractivity contribution in [1.29, 1.82) is 0 Å². The number of carbonyl (C=O) groups is 1. The number of hydrogen-bond acceptors (Lipinski definition) is 6. The summed E-state index contributed by atoms with van der Waals surface area (Å²) in [5, 5.41) is 4.72. The molecule has 0 atom stereocenters. The number of aromatic nitrogens is 3. The van der Waals surface area contributed by atoms with Crippen LogP contribution in [0.3, 0.4) is 0 Å². The number of nitrogens with zero attached hydrogens (tertiary/aromatic N) is 4. The molecule has 3 rings (SSSR count). The maximum atomic E-state index is 10.8. The van der Waals surface area contributed by atoms with E-state index < -0.39 is 0 Å². The molecule has 0 aliphatic carbocycles. The highest BCUT2D eigenvalue weighted by atomic mass is 32.1. The summed E-state index contributed by atoms with van der Waals surface area (Å²) in [5.74, 6) is -0.221. The van der Waals surface area contributed by atoms with E-state index in [0.717, 1.165) is 21.1 Å². The molecular formula is C16H13N5OS. The third-order valence-corrected chi connectivity index (χ3v) is 3.92. The molecule has 3 aromatic rings. The molecule has 3 heterocycles. The smallest absolute Gasteiger partial charge is 0.236 e. The highest BCUT2D eigenvalue weighted by Gasteiger charge is 2.08. The Hall–Kier alpha value is -2.93. The summed E-state index contributed by atoms with van der Waals surface area (Å²) >= 11 is 1.55. The number of thiazole rings is 1. The molecule has 7 heteroatoms. The van der Waals surface area contributed by atoms with E-state index in [-0.39, 0.29) is 5.91 Å². The molecule has 3 aromatic heterocycles. The molecule has 0 aliphatic rings. The third-order valence-electron chi connectivity index (χ3n) is 2.86. The summed E-state index contributed by atoms with van der Waals surface area (Å²) in [5.41, 5.74) is 4.80. The van der Waals surface area contributed by atoms with Gasteiger partial charge in [-0.25, -0.2) is 15.4 Å². The van der Waals surface area contributed by atoms with Gasteiger partial charge in [-0.1, -0.05) is 6.07 Å². The highest BCUT2D eigenvalue weighted by Crippen LogP contribution is 2.30. The van der Waals surface area contributed by atoms with Crippen molar-refractivity contribution < 1.29 is 4.79 Å². The zero-order chi connectivity index (χ0) is 16.1. The van der Waals surface area contributed by atoms with Gasteiger partial charge in [0.15, 0.2) is 0 Å². The molecule has 0 saturated heterocycles. The number of rotatable bonds is 4. The Bertz CT molecular complexity index is 844. The normalized spacial score (nSPS) is 10.8. The van der Waals surface area contributed by atoms with Crippen LogP contribution in [0.4, 0.5) is 0 Å². The van der Waals surface area contributed by atoms with Gasteiger partial charge in [-0.2, -0.15) is 5.10 Å². The van der Waals surface area contributed by atoms with Gasteiger partial charge < -0.3 is 0 Å². The first-order valence-corrected chi connectivity index (χ1v) is 7.67. The fourth-order valence-electron chi connectivity index (χ4n) is 1.87. The van der Waals surface area contributed by atoms with Crippen molar-refractivity contribution in [3.05, 3.63) is 54.6 Å². The Balaban J connectivity index is 1.84. The van der Waals surface area contributed by atoms with Gasteiger partial charge in [0.05, 0.1) is 22.5 Å². The van der Waals surface area contributed by atoms with Gasteiger partial charge in [0.2, 0.25) is 5.91 Å². The van der Waals surface area contributed by atoms with Gasteiger partial charge in [0, 0.05) is 31.1 Å². The van der Waals surface area contributed by atoms with Gasteiger partial charge in [-0.3, -0.25) is 9.78 Å². The molecular weight excluding hydrogens is 310 g/mol. The lowest BCUT2D eigenvalue weighted by Gasteiger charge is -1.98. The first kappa shape index (κ1) is 15.0. The van der Waals surface area contributed by atoms with E-state index in [1.165, 1.54) is 13.1 Å². The lowest BCUT2D eigenvalue weighted by Crippen LogP contribution is -2.12. The van der Waals surface area contributed by atoms with Crippen molar-refractivity contribution in [2.45, 2.75) is 6.92 Å². The van der Waals surface area contributed by atoms with Crippen molar-refractivity contribution in [3.8, 4) is 21.1 Å². The second-order valence-electron chi connectivity index (χ2n) is 4.65. The molecule has 0 bridgehead atoms. The van der Waals surface area contributed by atoms with Crippen LogP contribution in [0.25, 0.3) is 21.1 Å². The van der Waals surface area contributed by atoms with Gasteiger partial charge in [-0.15, -0.1) is 11.3 Å². The van der Waals surface area contributed by atoms with Crippen molar-refractivity contribution in [2.24, 2.45) is 5.10 Å². The summed E-state index contributed by atoms with van der Waals surface area (Å²) in [6.45, 7) is 1.40. The lowest BCUT2D eigenvalue weighted by molar-refractivity contribution is -0.118. The molecule has 114 valence electrons. The predicted molar refractivity (Wildman–Crippen MR) is 90.0 cm³/mol. The van der Waals surface area contributed by atoms with Crippen LogP contribution in [0, 0.1) is 0 Å². The first-order chi connectivity index (χ1) is 11.2. The van der Waals surface area contributed by atoms with Crippen LogP contribution in [0.2, 0.25) is 0 Å². The molecule has 6 nitrogen and oxygen atoms in total. The number of amides is 1. The van der Waals surface area contributed by atoms with Gasteiger partial charge in [0.1, 0.15) is 5.01 Å². The standard InChI is InChI=1S/C16H13N5OS/c1-11(22)21-19-9-13-5-2-6-14(20-13)15-10-18-16(23-15)12-4-3-7-17-8-12/h2-10H,1H3,(H,21,22)/b19-9+. The number of hydrazone groups is 1. The minimum Gasteiger partial charge on any atom is -0.274 e. The molecule has 0 aromatic carbocycles. The SMILES string of the molecule is CC(=O)N/N=C/c1cccc(-c2cnc(-c3cccnc3)s2)n1. The summed E-state index contributed by atoms with van der Waals surface area (Å²) in [6, 6.07) is 9.47. The van der Waals surface area contributed by atoms with E-state index >= 15 is 0 Å². The topological polar surface area (TPSA) is 80.1 Å². The Morgan fingerprint density at radius 1 is 1.26 bits per heavy atom. The van der Waals surface area contributed by atoms with Crippen molar-refractivity contribution >= 4 is 23.5 Å². The second kappa shape index (κ2) is 6.89. The largest absolute Gasteiger partial charge is 0.274 e. The van der Waals surface area contributed by atoms with Crippen LogP contribution in [-0.4, -0.2) is 27.1 Å². The van der Waals surface area contributed by atoms with Crippen molar-refractivity contribution in [2.75, 3.05) is 0 Å².